The minimum Gasteiger partial charge on any atom is -0.453 e. The van der Waals surface area contributed by atoms with Crippen LogP contribution in [0.2, 0.25) is 98.2 Å². The lowest BCUT2D eigenvalue weighted by molar-refractivity contribution is -0.154. The van der Waals surface area contributed by atoms with E-state index in [1.165, 1.54) is 13.3 Å². The Bertz CT molecular complexity index is 1300. The van der Waals surface area contributed by atoms with Gasteiger partial charge in [0.15, 0.2) is 47.6 Å². The number of para-hydroxylation sites is 1. The van der Waals surface area contributed by atoms with Gasteiger partial charge in [-0.25, -0.2) is 0 Å². The zero-order chi connectivity index (χ0) is 35.3. The third-order valence-electron chi connectivity index (χ3n) is 6.61. The average Bonchev–Trinajstić information content (AvgIpc) is 3.23. The largest absolute Gasteiger partial charge is 0.453 e. The summed E-state index contributed by atoms with van der Waals surface area (Å²) in [6.07, 6.45) is 1.17. The molecule has 0 fully saturated rings. The van der Waals surface area contributed by atoms with Gasteiger partial charge >= 0.3 is 5.97 Å². The Morgan fingerprint density at radius 3 is 1.83 bits per heavy atom. The highest BCUT2D eigenvalue weighted by Crippen LogP contribution is 2.29. The summed E-state index contributed by atoms with van der Waals surface area (Å²) in [5.41, 5.74) is 2.07. The summed E-state index contributed by atoms with van der Waals surface area (Å²) in [5, 5.41) is 5.16. The number of esters is 1. The molecular weight excluding hydrogens is 665 g/mol. The van der Waals surface area contributed by atoms with E-state index in [2.05, 4.69) is 126 Å². The number of aromatic nitrogens is 1. The van der Waals surface area contributed by atoms with Crippen LogP contribution in [0, 0.1) is 0 Å². The molecule has 0 aliphatic heterocycles. The van der Waals surface area contributed by atoms with Crippen molar-refractivity contribution in [2.75, 3.05) is 13.7 Å². The first kappa shape index (κ1) is 40.8. The van der Waals surface area contributed by atoms with Gasteiger partial charge in [0.05, 0.1) is 25.3 Å². The third kappa shape index (κ3) is 14.0. The number of ether oxygens (including phenoxy) is 1. The molecule has 4 unspecified atom stereocenters. The lowest BCUT2D eigenvalue weighted by Gasteiger charge is -2.43. The fourth-order valence-electron chi connectivity index (χ4n) is 5.07. The zero-order valence-corrected chi connectivity index (χ0v) is 36.4. The van der Waals surface area contributed by atoms with E-state index in [9.17, 15) is 4.79 Å². The number of carbonyl (C=O) groups excluding carboxylic acids is 1. The van der Waals surface area contributed by atoms with Crippen molar-refractivity contribution < 1.29 is 32.1 Å². The minimum atomic E-state index is -2.24. The monoisotopic (exact) mass is 726 g/mol. The molecule has 0 spiro atoms. The molecule has 46 heavy (non-hydrogen) atoms. The van der Waals surface area contributed by atoms with Gasteiger partial charge in [0.1, 0.15) is 19.3 Å². The molecule has 0 radical (unpaired) electrons. The predicted octanol–water partition coefficient (Wildman–Crippen LogP) is 7.92. The molecule has 14 heteroatoms. The summed E-state index contributed by atoms with van der Waals surface area (Å²) in [6, 6.07) is 8.25. The summed E-state index contributed by atoms with van der Waals surface area (Å²) in [7, 11) is -8.66. The molecule has 0 amide bonds. The Hall–Kier alpha value is -1.38. The standard InChI is InChI=1S/C32H62N2O7Si5/c1-36-33-22-28(38-30(35)21-25-23-34(42(2,3)4)27-20-18-17-19-26(25)27)31(40-45(11,12)13)32(41-46(14,15)16)29(39-44(8,9)10)24-37-43(5,6)7/h17-20,22-23,28-29,31-32H,21,24H2,1-16H3/b33-22+. The van der Waals surface area contributed by atoms with E-state index in [4.69, 9.17) is 27.3 Å². The maximum atomic E-state index is 13.9. The van der Waals surface area contributed by atoms with Crippen LogP contribution in [0.4, 0.5) is 0 Å². The van der Waals surface area contributed by atoms with Crippen LogP contribution in [0.25, 0.3) is 10.9 Å². The first-order chi connectivity index (χ1) is 20.8. The van der Waals surface area contributed by atoms with E-state index >= 15 is 0 Å². The molecule has 0 bridgehead atoms. The Morgan fingerprint density at radius 2 is 1.33 bits per heavy atom. The van der Waals surface area contributed by atoms with Crippen LogP contribution in [0.5, 0.6) is 0 Å². The average molecular weight is 727 g/mol. The van der Waals surface area contributed by atoms with Crippen LogP contribution < -0.4 is 0 Å². The topological polar surface area (TPSA) is 89.7 Å². The summed E-state index contributed by atoms with van der Waals surface area (Å²) >= 11 is 0. The maximum absolute atomic E-state index is 13.9. The second-order valence-corrected chi connectivity index (χ2v) is 39.6. The van der Waals surface area contributed by atoms with Gasteiger partial charge in [0.2, 0.25) is 0 Å². The fraction of sp³-hybridized carbons (Fsp3) is 0.688. The van der Waals surface area contributed by atoms with Crippen molar-refractivity contribution in [3.63, 3.8) is 0 Å². The van der Waals surface area contributed by atoms with Gasteiger partial charge < -0.3 is 31.5 Å². The lowest BCUT2D eigenvalue weighted by Crippen LogP contribution is -2.59. The summed E-state index contributed by atoms with van der Waals surface area (Å²) in [5.74, 6) is -0.372. The van der Waals surface area contributed by atoms with Gasteiger partial charge in [-0.05, 0) is 96.4 Å². The van der Waals surface area contributed by atoms with E-state index in [1.54, 1.807) is 0 Å². The number of nitrogens with zero attached hydrogens (tertiary/aromatic N) is 2. The van der Waals surface area contributed by atoms with Crippen LogP contribution in [0.1, 0.15) is 5.56 Å². The number of benzene rings is 1. The van der Waals surface area contributed by atoms with Gasteiger partial charge in [-0.1, -0.05) is 43.0 Å². The molecule has 262 valence electrons. The quantitative estimate of drug-likeness (QED) is 0.0668. The Labute approximate surface area is 283 Å². The number of oxime groups is 1. The van der Waals surface area contributed by atoms with Gasteiger partial charge in [-0.2, -0.15) is 0 Å². The van der Waals surface area contributed by atoms with Crippen LogP contribution >= 0.6 is 0 Å². The third-order valence-corrected chi connectivity index (χ3v) is 12.4. The van der Waals surface area contributed by atoms with Crippen LogP contribution in [-0.2, 0) is 38.5 Å². The first-order valence-corrected chi connectivity index (χ1v) is 33.4. The van der Waals surface area contributed by atoms with E-state index in [0.717, 1.165) is 16.5 Å². The van der Waals surface area contributed by atoms with Crippen LogP contribution in [-0.4, -0.2) is 96.1 Å². The molecule has 0 saturated carbocycles. The van der Waals surface area contributed by atoms with E-state index in [0.29, 0.717) is 6.61 Å². The second kappa shape index (κ2) is 15.9. The van der Waals surface area contributed by atoms with Gasteiger partial charge in [0, 0.05) is 10.9 Å². The molecule has 0 aliphatic carbocycles. The molecule has 0 saturated heterocycles. The molecule has 4 atom stereocenters. The SMILES string of the molecule is CO/N=C/C(OC(=O)Cc1cn([Si](C)(C)C)c2ccccc12)C(O[Si](C)(C)C)C(O[Si](C)(C)C)C(CO[Si](C)(C)C)O[Si](C)(C)C. The van der Waals surface area contributed by atoms with Crippen LogP contribution in [0.15, 0.2) is 35.6 Å². The van der Waals surface area contributed by atoms with Gasteiger partial charge in [0.25, 0.3) is 0 Å². The maximum Gasteiger partial charge on any atom is 0.311 e. The predicted molar refractivity (Wildman–Crippen MR) is 204 cm³/mol. The number of hydrogen-bond acceptors (Lipinski definition) is 8. The van der Waals surface area contributed by atoms with E-state index < -0.39 is 65.9 Å². The van der Waals surface area contributed by atoms with Gasteiger partial charge in [-0.15, -0.1) is 0 Å². The molecule has 9 nitrogen and oxygen atoms in total. The highest BCUT2D eigenvalue weighted by atomic mass is 28.4. The van der Waals surface area contributed by atoms with Crippen molar-refractivity contribution in [1.82, 2.24) is 4.23 Å². The zero-order valence-electron chi connectivity index (χ0n) is 31.4. The normalized spacial score (nSPS) is 16.4. The van der Waals surface area contributed by atoms with Crippen molar-refractivity contribution in [3.05, 3.63) is 36.0 Å². The Kier molecular flexibility index (Phi) is 14.1. The van der Waals surface area contributed by atoms with Crippen LogP contribution in [0.3, 0.4) is 0 Å². The van der Waals surface area contributed by atoms with Crippen molar-refractivity contribution in [2.24, 2.45) is 5.16 Å². The van der Waals surface area contributed by atoms with Crippen molar-refractivity contribution in [1.29, 1.82) is 0 Å². The number of rotatable bonds is 18. The number of fused-ring (bicyclic) bond motifs is 1. The number of carbonyl (C=O) groups is 1. The minimum absolute atomic E-state index is 0.113. The van der Waals surface area contributed by atoms with Crippen molar-refractivity contribution >= 4 is 64.6 Å². The highest BCUT2D eigenvalue weighted by molar-refractivity contribution is 6.75. The molecule has 1 aromatic carbocycles. The Balaban J connectivity index is 2.63. The molecule has 0 N–H and O–H groups in total. The molecule has 0 aliphatic rings. The Morgan fingerprint density at radius 1 is 0.783 bits per heavy atom. The van der Waals surface area contributed by atoms with Crippen molar-refractivity contribution in [3.8, 4) is 0 Å². The highest BCUT2D eigenvalue weighted by Gasteiger charge is 2.45. The summed E-state index contributed by atoms with van der Waals surface area (Å²) < 4.78 is 35.8. The first-order valence-electron chi connectivity index (χ1n) is 16.3. The fourth-order valence-corrected chi connectivity index (χ4v) is 10.5. The molecule has 2 aromatic rings. The van der Waals surface area contributed by atoms with Gasteiger partial charge in [-0.3, -0.25) is 4.79 Å². The number of hydrogen-bond donors (Lipinski definition) is 0. The van der Waals surface area contributed by atoms with Crippen molar-refractivity contribution in [2.45, 2.75) is 129 Å². The molecule has 1 heterocycles. The molecular formula is C32H62N2O7Si5. The van der Waals surface area contributed by atoms with E-state index in [-0.39, 0.29) is 12.4 Å². The summed E-state index contributed by atoms with van der Waals surface area (Å²) in [4.78, 5) is 19.0. The second-order valence-electron chi connectivity index (χ2n) is 16.9. The lowest BCUT2D eigenvalue weighted by atomic mass is 10.0. The van der Waals surface area contributed by atoms with E-state index in [1.807, 2.05) is 12.1 Å². The summed E-state index contributed by atoms with van der Waals surface area (Å²) in [6.45, 7) is 33.0. The smallest absolute Gasteiger partial charge is 0.311 e. The molecule has 1 aromatic heterocycles. The molecule has 2 rings (SSSR count).